The van der Waals surface area contributed by atoms with Crippen LogP contribution in [-0.2, 0) is 9.53 Å². The highest BCUT2D eigenvalue weighted by molar-refractivity contribution is 5.76. The van der Waals surface area contributed by atoms with Crippen LogP contribution in [0.5, 0.6) is 0 Å². The summed E-state index contributed by atoms with van der Waals surface area (Å²) in [5.74, 6) is 1.06. The molecule has 1 saturated carbocycles. The summed E-state index contributed by atoms with van der Waals surface area (Å²) in [6.07, 6.45) is 8.13. The van der Waals surface area contributed by atoms with Crippen molar-refractivity contribution in [3.8, 4) is 0 Å². The Morgan fingerprint density at radius 3 is 2.57 bits per heavy atom. The number of nitrogens with zero attached hydrogens (tertiary/aromatic N) is 2. The van der Waals surface area contributed by atoms with Gasteiger partial charge in [0.05, 0.1) is 13.2 Å². The molecule has 0 bridgehead atoms. The van der Waals surface area contributed by atoms with Crippen LogP contribution >= 0.6 is 0 Å². The van der Waals surface area contributed by atoms with E-state index >= 15 is 0 Å². The van der Waals surface area contributed by atoms with Gasteiger partial charge >= 0.3 is 0 Å². The molecule has 0 aromatic carbocycles. The average Bonchev–Trinajstić information content (AvgIpc) is 3.01. The number of likely N-dealkylation sites (N-methyl/N-ethyl adjacent to an activating group) is 1. The van der Waals surface area contributed by atoms with E-state index in [4.69, 9.17) is 4.74 Å². The minimum atomic E-state index is 0.205. The van der Waals surface area contributed by atoms with E-state index in [1.54, 1.807) is 0 Å². The smallest absolute Gasteiger partial charge is 0.222 e. The highest BCUT2D eigenvalue weighted by Gasteiger charge is 2.42. The maximum absolute atomic E-state index is 12.5. The molecule has 2 saturated heterocycles. The summed E-state index contributed by atoms with van der Waals surface area (Å²) in [6, 6.07) is 0. The number of likely N-dealkylation sites (tertiary alicyclic amines) is 1. The Kier molecular flexibility index (Phi) is 4.85. The van der Waals surface area contributed by atoms with Crippen molar-refractivity contribution < 1.29 is 9.53 Å². The first-order chi connectivity index (χ1) is 10.2. The number of morpholine rings is 1. The number of hydrogen-bond donors (Lipinski definition) is 0. The first kappa shape index (κ1) is 15.3. The molecule has 0 aromatic rings. The largest absolute Gasteiger partial charge is 0.378 e. The quantitative estimate of drug-likeness (QED) is 0.800. The van der Waals surface area contributed by atoms with Gasteiger partial charge in [-0.3, -0.25) is 9.69 Å². The zero-order chi connectivity index (χ0) is 14.7. The second-order valence-electron chi connectivity index (χ2n) is 7.09. The lowest BCUT2D eigenvalue weighted by atomic mass is 9.85. The van der Waals surface area contributed by atoms with Gasteiger partial charge in [-0.05, 0) is 38.1 Å². The second-order valence-corrected chi connectivity index (χ2v) is 7.09. The van der Waals surface area contributed by atoms with Crippen LogP contribution in [-0.4, -0.2) is 60.6 Å². The van der Waals surface area contributed by atoms with Crippen LogP contribution in [0.25, 0.3) is 0 Å². The van der Waals surface area contributed by atoms with Gasteiger partial charge in [0.2, 0.25) is 5.91 Å². The molecule has 4 heteroatoms. The molecular formula is C17H30N2O2. The van der Waals surface area contributed by atoms with E-state index in [0.717, 1.165) is 58.7 Å². The van der Waals surface area contributed by atoms with Gasteiger partial charge in [0, 0.05) is 31.6 Å². The summed E-state index contributed by atoms with van der Waals surface area (Å²) in [7, 11) is 0. The van der Waals surface area contributed by atoms with Crippen molar-refractivity contribution in [3.05, 3.63) is 0 Å². The molecule has 0 unspecified atom stereocenters. The Bertz CT molecular complexity index is 358. The van der Waals surface area contributed by atoms with Gasteiger partial charge in [-0.2, -0.15) is 0 Å². The van der Waals surface area contributed by atoms with E-state index in [9.17, 15) is 4.79 Å². The third kappa shape index (κ3) is 3.26. The number of rotatable bonds is 3. The van der Waals surface area contributed by atoms with E-state index in [1.807, 2.05) is 0 Å². The topological polar surface area (TPSA) is 32.8 Å². The Balaban J connectivity index is 1.52. The van der Waals surface area contributed by atoms with Gasteiger partial charge < -0.3 is 9.64 Å². The summed E-state index contributed by atoms with van der Waals surface area (Å²) >= 11 is 0. The van der Waals surface area contributed by atoms with E-state index in [-0.39, 0.29) is 5.54 Å². The number of ether oxygens (including phenoxy) is 1. The number of carbonyl (C=O) groups is 1. The normalized spacial score (nSPS) is 27.4. The summed E-state index contributed by atoms with van der Waals surface area (Å²) in [4.78, 5) is 17.2. The minimum absolute atomic E-state index is 0.205. The molecule has 0 atom stereocenters. The minimum Gasteiger partial charge on any atom is -0.378 e. The SMILES string of the molecule is CCN1CCOCC12CCN(C(=O)CC1CCCC1)CC2. The predicted molar refractivity (Wildman–Crippen MR) is 83.2 cm³/mol. The van der Waals surface area contributed by atoms with Gasteiger partial charge in [0.15, 0.2) is 0 Å². The molecule has 3 aliphatic rings. The molecule has 3 rings (SSSR count). The molecule has 0 N–H and O–H groups in total. The molecular weight excluding hydrogens is 264 g/mol. The fourth-order valence-electron chi connectivity index (χ4n) is 4.48. The van der Waals surface area contributed by atoms with Crippen LogP contribution in [0.3, 0.4) is 0 Å². The van der Waals surface area contributed by atoms with Crippen molar-refractivity contribution in [2.75, 3.05) is 39.4 Å². The maximum atomic E-state index is 12.5. The van der Waals surface area contributed by atoms with Crippen LogP contribution in [0.2, 0.25) is 0 Å². The highest BCUT2D eigenvalue weighted by Crippen LogP contribution is 2.33. The molecule has 0 aromatic heterocycles. The van der Waals surface area contributed by atoms with E-state index in [0.29, 0.717) is 11.8 Å². The summed E-state index contributed by atoms with van der Waals surface area (Å²) in [6.45, 7) is 7.94. The Labute approximate surface area is 128 Å². The lowest BCUT2D eigenvalue weighted by molar-refractivity contribution is -0.139. The fraction of sp³-hybridized carbons (Fsp3) is 0.941. The van der Waals surface area contributed by atoms with Gasteiger partial charge in [-0.1, -0.05) is 19.8 Å². The van der Waals surface area contributed by atoms with Crippen molar-refractivity contribution in [1.82, 2.24) is 9.80 Å². The average molecular weight is 294 g/mol. The van der Waals surface area contributed by atoms with Crippen molar-refractivity contribution in [3.63, 3.8) is 0 Å². The van der Waals surface area contributed by atoms with Crippen LogP contribution in [0.1, 0.15) is 51.9 Å². The Morgan fingerprint density at radius 1 is 1.19 bits per heavy atom. The molecule has 1 spiro atoms. The molecule has 1 aliphatic carbocycles. The maximum Gasteiger partial charge on any atom is 0.222 e. The fourth-order valence-corrected chi connectivity index (χ4v) is 4.48. The molecule has 2 aliphatic heterocycles. The first-order valence-corrected chi connectivity index (χ1v) is 8.84. The van der Waals surface area contributed by atoms with Gasteiger partial charge in [-0.15, -0.1) is 0 Å². The number of amides is 1. The van der Waals surface area contributed by atoms with Crippen LogP contribution in [0, 0.1) is 5.92 Å². The molecule has 4 nitrogen and oxygen atoms in total. The summed E-state index contributed by atoms with van der Waals surface area (Å²) in [5.41, 5.74) is 0.205. The van der Waals surface area contributed by atoms with E-state index in [2.05, 4.69) is 16.7 Å². The third-order valence-electron chi connectivity index (χ3n) is 5.91. The zero-order valence-corrected chi connectivity index (χ0v) is 13.5. The Morgan fingerprint density at radius 2 is 1.90 bits per heavy atom. The van der Waals surface area contributed by atoms with Crippen LogP contribution in [0.15, 0.2) is 0 Å². The second kappa shape index (κ2) is 6.66. The lowest BCUT2D eigenvalue weighted by Crippen LogP contribution is -2.61. The Hall–Kier alpha value is -0.610. The molecule has 120 valence electrons. The predicted octanol–water partition coefficient (Wildman–Crippen LogP) is 2.28. The molecule has 0 radical (unpaired) electrons. The van der Waals surface area contributed by atoms with Crippen LogP contribution in [0.4, 0.5) is 0 Å². The summed E-state index contributed by atoms with van der Waals surface area (Å²) in [5, 5.41) is 0. The van der Waals surface area contributed by atoms with Crippen molar-refractivity contribution in [2.45, 2.75) is 57.4 Å². The van der Waals surface area contributed by atoms with Crippen molar-refractivity contribution in [1.29, 1.82) is 0 Å². The standard InChI is InChI=1S/C17H30N2O2/c1-2-19-11-12-21-14-17(19)7-9-18(10-8-17)16(20)13-15-5-3-4-6-15/h15H,2-14H2,1H3. The van der Waals surface area contributed by atoms with E-state index < -0.39 is 0 Å². The molecule has 2 heterocycles. The first-order valence-electron chi connectivity index (χ1n) is 8.84. The zero-order valence-electron chi connectivity index (χ0n) is 13.5. The van der Waals surface area contributed by atoms with Crippen molar-refractivity contribution in [2.24, 2.45) is 5.92 Å². The molecule has 21 heavy (non-hydrogen) atoms. The number of hydrogen-bond acceptors (Lipinski definition) is 3. The molecule has 3 fully saturated rings. The van der Waals surface area contributed by atoms with Crippen molar-refractivity contribution >= 4 is 5.91 Å². The van der Waals surface area contributed by atoms with Gasteiger partial charge in [0.1, 0.15) is 0 Å². The highest BCUT2D eigenvalue weighted by atomic mass is 16.5. The number of piperidine rings is 1. The van der Waals surface area contributed by atoms with Gasteiger partial charge in [-0.25, -0.2) is 0 Å². The third-order valence-corrected chi connectivity index (χ3v) is 5.91. The monoisotopic (exact) mass is 294 g/mol. The van der Waals surface area contributed by atoms with E-state index in [1.165, 1.54) is 25.7 Å². The van der Waals surface area contributed by atoms with Gasteiger partial charge in [0.25, 0.3) is 0 Å². The lowest BCUT2D eigenvalue weighted by Gasteiger charge is -2.51. The van der Waals surface area contributed by atoms with Crippen LogP contribution < -0.4 is 0 Å². The number of carbonyl (C=O) groups excluding carboxylic acids is 1. The summed E-state index contributed by atoms with van der Waals surface area (Å²) < 4.78 is 5.75. The molecule has 1 amide bonds.